The summed E-state index contributed by atoms with van der Waals surface area (Å²) < 4.78 is 20.4. The summed E-state index contributed by atoms with van der Waals surface area (Å²) in [6.07, 6.45) is 2.60. The van der Waals surface area contributed by atoms with Gasteiger partial charge < -0.3 is 10.5 Å². The first-order valence-corrected chi connectivity index (χ1v) is 11.7. The molecular formula is C29H21FN6O. The van der Waals surface area contributed by atoms with E-state index >= 15 is 0 Å². The van der Waals surface area contributed by atoms with E-state index in [-0.39, 0.29) is 17.5 Å². The number of nitrogens with zero attached hydrogens (tertiary/aromatic N) is 5. The lowest BCUT2D eigenvalue weighted by molar-refractivity contribution is 0.464. The van der Waals surface area contributed by atoms with Gasteiger partial charge in [-0.15, -0.1) is 0 Å². The normalized spacial score (nSPS) is 12.6. The molecule has 5 aromatic rings. The van der Waals surface area contributed by atoms with Crippen molar-refractivity contribution < 1.29 is 9.13 Å². The molecule has 37 heavy (non-hydrogen) atoms. The van der Waals surface area contributed by atoms with Crippen LogP contribution in [0, 0.1) is 5.82 Å². The van der Waals surface area contributed by atoms with Crippen LogP contribution in [0.2, 0.25) is 0 Å². The monoisotopic (exact) mass is 488 g/mol. The van der Waals surface area contributed by atoms with Crippen LogP contribution in [0.1, 0.15) is 16.7 Å². The molecule has 1 aliphatic heterocycles. The van der Waals surface area contributed by atoms with Crippen molar-refractivity contribution in [3.63, 3.8) is 0 Å². The first-order chi connectivity index (χ1) is 18.2. The minimum Gasteiger partial charge on any atom is -0.438 e. The maximum absolute atomic E-state index is 14.4. The van der Waals surface area contributed by atoms with Crippen LogP contribution in [0.5, 0.6) is 11.6 Å². The summed E-state index contributed by atoms with van der Waals surface area (Å²) in [5, 5.41) is 6.95. The van der Waals surface area contributed by atoms with Gasteiger partial charge in [-0.2, -0.15) is 5.10 Å². The predicted octanol–water partition coefficient (Wildman–Crippen LogP) is 5.82. The molecule has 0 fully saturated rings. The Labute approximate surface area is 212 Å². The van der Waals surface area contributed by atoms with E-state index in [1.807, 2.05) is 59.6 Å². The highest BCUT2D eigenvalue weighted by atomic mass is 19.1. The lowest BCUT2D eigenvalue weighted by atomic mass is 9.96. The van der Waals surface area contributed by atoms with Crippen LogP contribution in [0.25, 0.3) is 11.3 Å². The van der Waals surface area contributed by atoms with Crippen LogP contribution in [0.4, 0.5) is 16.0 Å². The fourth-order valence-electron chi connectivity index (χ4n) is 4.24. The zero-order chi connectivity index (χ0) is 25.2. The third-order valence-electron chi connectivity index (χ3n) is 6.00. The van der Waals surface area contributed by atoms with Crippen LogP contribution in [0.15, 0.2) is 108 Å². The lowest BCUT2D eigenvalue weighted by Gasteiger charge is -2.27. The maximum Gasteiger partial charge on any atom is 0.228 e. The van der Waals surface area contributed by atoms with E-state index in [9.17, 15) is 4.39 Å². The Balaban J connectivity index is 1.30. The van der Waals surface area contributed by atoms with Crippen molar-refractivity contribution in [1.29, 1.82) is 0 Å². The van der Waals surface area contributed by atoms with E-state index in [1.54, 1.807) is 18.3 Å². The number of hydrogen-bond donors (Lipinski definition) is 1. The minimum absolute atomic E-state index is 0.0296. The van der Waals surface area contributed by atoms with Gasteiger partial charge >= 0.3 is 0 Å². The minimum atomic E-state index is -0.611. The predicted molar refractivity (Wildman–Crippen MR) is 141 cm³/mol. The van der Waals surface area contributed by atoms with Crippen molar-refractivity contribution in [2.24, 2.45) is 5.10 Å². The number of ether oxygens (including phenoxy) is 1. The summed E-state index contributed by atoms with van der Waals surface area (Å²) in [4.78, 5) is 12.0. The Morgan fingerprint density at radius 3 is 2.41 bits per heavy atom. The second kappa shape index (κ2) is 9.50. The molecule has 2 N–H and O–H groups in total. The summed E-state index contributed by atoms with van der Waals surface area (Å²) in [5.74, 6) is 0.105. The van der Waals surface area contributed by atoms with Gasteiger partial charge in [0.1, 0.15) is 11.4 Å². The highest BCUT2D eigenvalue weighted by Crippen LogP contribution is 2.33. The van der Waals surface area contributed by atoms with Gasteiger partial charge in [0, 0.05) is 17.3 Å². The molecule has 3 aromatic carbocycles. The summed E-state index contributed by atoms with van der Waals surface area (Å²) in [6, 6.07) is 29.3. The van der Waals surface area contributed by atoms with Gasteiger partial charge in [0.2, 0.25) is 11.8 Å². The SMILES string of the molecule is Nc1ncc(F)c(-c2cccnc2Oc2ccc(N3Cc4ccccc4C(c4ccccc4)=N3)cc2)n1. The van der Waals surface area contributed by atoms with Crippen molar-refractivity contribution in [3.8, 4) is 22.9 Å². The highest BCUT2D eigenvalue weighted by Gasteiger charge is 2.21. The Morgan fingerprint density at radius 2 is 1.57 bits per heavy atom. The molecule has 0 bridgehead atoms. The number of rotatable bonds is 5. The third-order valence-corrected chi connectivity index (χ3v) is 6.00. The molecule has 0 saturated carbocycles. The molecule has 0 amide bonds. The number of anilines is 2. The van der Waals surface area contributed by atoms with Crippen LogP contribution < -0.4 is 15.5 Å². The average Bonchev–Trinajstić information content (AvgIpc) is 2.95. The van der Waals surface area contributed by atoms with Crippen molar-refractivity contribution in [2.45, 2.75) is 6.54 Å². The number of fused-ring (bicyclic) bond motifs is 1. The number of pyridine rings is 1. The van der Waals surface area contributed by atoms with Gasteiger partial charge in [0.15, 0.2) is 5.82 Å². The molecule has 8 heteroatoms. The number of hydrogen-bond acceptors (Lipinski definition) is 7. The van der Waals surface area contributed by atoms with Crippen LogP contribution in [0.3, 0.4) is 0 Å². The Morgan fingerprint density at radius 1 is 0.811 bits per heavy atom. The smallest absolute Gasteiger partial charge is 0.228 e. The summed E-state index contributed by atoms with van der Waals surface area (Å²) >= 11 is 0. The number of hydrazone groups is 1. The van der Waals surface area contributed by atoms with Crippen molar-refractivity contribution in [2.75, 3.05) is 10.7 Å². The standard InChI is InChI=1S/C29H21FN6O/c30-25-17-33-29(31)34-27(25)24-11-6-16-32-28(24)37-22-14-12-21(13-15-22)36-18-20-9-4-5-10-23(20)26(35-36)19-7-2-1-3-8-19/h1-17H,18H2,(H2,31,33,34). The van der Waals surface area contributed by atoms with E-state index in [0.717, 1.165) is 28.7 Å². The molecule has 7 nitrogen and oxygen atoms in total. The molecule has 0 spiro atoms. The number of nitrogen functional groups attached to an aromatic ring is 1. The molecule has 180 valence electrons. The third kappa shape index (κ3) is 4.48. The quantitative estimate of drug-likeness (QED) is 0.335. The van der Waals surface area contributed by atoms with Gasteiger partial charge in [-0.25, -0.2) is 19.3 Å². The summed E-state index contributed by atoms with van der Waals surface area (Å²) in [7, 11) is 0. The number of benzene rings is 3. The molecule has 2 aromatic heterocycles. The van der Waals surface area contributed by atoms with Crippen molar-refractivity contribution in [3.05, 3.63) is 126 Å². The molecule has 0 unspecified atom stereocenters. The fraction of sp³-hybridized carbons (Fsp3) is 0.0345. The zero-order valence-corrected chi connectivity index (χ0v) is 19.6. The van der Waals surface area contributed by atoms with Gasteiger partial charge in [0.05, 0.1) is 29.7 Å². The van der Waals surface area contributed by atoms with Crippen LogP contribution >= 0.6 is 0 Å². The van der Waals surface area contributed by atoms with Crippen LogP contribution in [-0.4, -0.2) is 20.7 Å². The molecule has 3 heterocycles. The molecular weight excluding hydrogens is 467 g/mol. The van der Waals surface area contributed by atoms with Gasteiger partial charge in [-0.1, -0.05) is 54.6 Å². The highest BCUT2D eigenvalue weighted by molar-refractivity contribution is 6.14. The van der Waals surface area contributed by atoms with Crippen molar-refractivity contribution in [1.82, 2.24) is 15.0 Å². The van der Waals surface area contributed by atoms with E-state index in [2.05, 4.69) is 39.2 Å². The van der Waals surface area contributed by atoms with Crippen LogP contribution in [-0.2, 0) is 6.54 Å². The van der Waals surface area contributed by atoms with E-state index in [0.29, 0.717) is 17.9 Å². The Bertz CT molecular complexity index is 1610. The number of halogens is 1. The second-order valence-corrected chi connectivity index (χ2v) is 8.41. The topological polar surface area (TPSA) is 89.5 Å². The molecule has 0 saturated heterocycles. The molecule has 1 aliphatic rings. The number of aromatic nitrogens is 3. The average molecular weight is 489 g/mol. The Kier molecular flexibility index (Phi) is 5.74. The van der Waals surface area contributed by atoms with Gasteiger partial charge in [-0.05, 0) is 42.0 Å². The molecule has 0 radical (unpaired) electrons. The second-order valence-electron chi connectivity index (χ2n) is 8.41. The summed E-state index contributed by atoms with van der Waals surface area (Å²) in [5.41, 5.74) is 11.3. The van der Waals surface area contributed by atoms with E-state index in [1.165, 1.54) is 5.56 Å². The van der Waals surface area contributed by atoms with Gasteiger partial charge in [0.25, 0.3) is 0 Å². The van der Waals surface area contributed by atoms with Gasteiger partial charge in [-0.3, -0.25) is 5.01 Å². The van der Waals surface area contributed by atoms with E-state index in [4.69, 9.17) is 15.6 Å². The molecule has 0 aliphatic carbocycles. The zero-order valence-electron chi connectivity index (χ0n) is 19.6. The summed E-state index contributed by atoms with van der Waals surface area (Å²) in [6.45, 7) is 0.644. The van der Waals surface area contributed by atoms with Crippen molar-refractivity contribution >= 4 is 17.3 Å². The molecule has 0 atom stereocenters. The first-order valence-electron chi connectivity index (χ1n) is 11.7. The fourth-order valence-corrected chi connectivity index (χ4v) is 4.24. The lowest BCUT2D eigenvalue weighted by Crippen LogP contribution is -2.26. The Hall–Kier alpha value is -5.11. The largest absolute Gasteiger partial charge is 0.438 e. The van der Waals surface area contributed by atoms with E-state index < -0.39 is 5.82 Å². The number of nitrogens with two attached hydrogens (primary N) is 1. The first kappa shape index (κ1) is 22.4. The maximum atomic E-state index is 14.4. The molecule has 6 rings (SSSR count).